The summed E-state index contributed by atoms with van der Waals surface area (Å²) in [5.41, 5.74) is 9.19. The third-order valence-corrected chi connectivity index (χ3v) is 5.89. The Morgan fingerprint density at radius 3 is 2.77 bits per heavy atom. The Bertz CT molecular complexity index is 1380. The number of fused-ring (bicyclic) bond motifs is 1. The van der Waals surface area contributed by atoms with E-state index in [4.69, 9.17) is 15.8 Å². The van der Waals surface area contributed by atoms with Crippen LogP contribution in [0.4, 0.5) is 5.82 Å². The summed E-state index contributed by atoms with van der Waals surface area (Å²) in [5, 5.41) is 28.4. The van der Waals surface area contributed by atoms with Crippen molar-refractivity contribution in [3.8, 4) is 34.8 Å². The second-order valence-electron chi connectivity index (χ2n) is 7.97. The first kappa shape index (κ1) is 18.8. The fourth-order valence-corrected chi connectivity index (χ4v) is 4.33. The molecule has 5 rings (SSSR count). The maximum absolute atomic E-state index is 9.33. The number of nitrogens with zero attached hydrogens (tertiary/aromatic N) is 8. The summed E-state index contributed by atoms with van der Waals surface area (Å²) in [7, 11) is 1.81. The van der Waals surface area contributed by atoms with Gasteiger partial charge in [-0.25, -0.2) is 4.98 Å². The van der Waals surface area contributed by atoms with Gasteiger partial charge >= 0.3 is 0 Å². The Hall–Kier alpha value is -4.24. The third kappa shape index (κ3) is 2.99. The summed E-state index contributed by atoms with van der Waals surface area (Å²) in [6, 6.07) is 12.1. The van der Waals surface area contributed by atoms with E-state index in [1.54, 1.807) is 10.9 Å². The second kappa shape index (κ2) is 6.92. The highest BCUT2D eigenvalue weighted by molar-refractivity contribution is 5.94. The molecule has 1 saturated carbocycles. The van der Waals surface area contributed by atoms with Gasteiger partial charge in [-0.1, -0.05) is 0 Å². The molecule has 1 fully saturated rings. The zero-order chi connectivity index (χ0) is 21.6. The molecule has 2 N–H and O–H groups in total. The van der Waals surface area contributed by atoms with Gasteiger partial charge in [-0.2, -0.15) is 20.7 Å². The van der Waals surface area contributed by atoms with E-state index in [-0.39, 0.29) is 5.92 Å². The van der Waals surface area contributed by atoms with Gasteiger partial charge in [0.1, 0.15) is 11.4 Å². The zero-order valence-electron chi connectivity index (χ0n) is 16.9. The molecular weight excluding hydrogens is 390 g/mol. The molecule has 0 spiro atoms. The molecule has 9 heteroatoms. The van der Waals surface area contributed by atoms with Crippen molar-refractivity contribution < 1.29 is 0 Å². The Labute approximate surface area is 178 Å². The average molecular weight is 409 g/mol. The first-order valence-electron chi connectivity index (χ1n) is 9.91. The van der Waals surface area contributed by atoms with Crippen molar-refractivity contribution in [2.24, 2.45) is 13.0 Å². The minimum absolute atomic E-state index is 0.0407. The van der Waals surface area contributed by atoms with Crippen molar-refractivity contribution in [2.75, 3.05) is 5.73 Å². The molecule has 4 heterocycles. The Kier molecular flexibility index (Phi) is 4.19. The minimum Gasteiger partial charge on any atom is -0.382 e. The van der Waals surface area contributed by atoms with Crippen LogP contribution in [0.25, 0.3) is 33.5 Å². The molecule has 0 atom stereocenters. The Balaban J connectivity index is 1.64. The number of nitrogen functional groups attached to an aromatic ring is 1. The van der Waals surface area contributed by atoms with Gasteiger partial charge in [-0.3, -0.25) is 14.3 Å². The molecular formula is C22H19N9. The molecule has 0 amide bonds. The predicted octanol–water partition coefficient (Wildman–Crippen LogP) is 3.02. The van der Waals surface area contributed by atoms with Crippen LogP contribution < -0.4 is 5.73 Å². The number of pyridine rings is 2. The minimum atomic E-state index is -0.438. The maximum atomic E-state index is 9.33. The number of rotatable bonds is 4. The third-order valence-electron chi connectivity index (χ3n) is 5.89. The van der Waals surface area contributed by atoms with Gasteiger partial charge in [0.15, 0.2) is 5.82 Å². The molecule has 1 aliphatic carbocycles. The van der Waals surface area contributed by atoms with Crippen molar-refractivity contribution >= 4 is 16.7 Å². The molecule has 0 aromatic carbocycles. The highest BCUT2D eigenvalue weighted by Gasteiger charge is 2.46. The quantitative estimate of drug-likeness (QED) is 0.547. The van der Waals surface area contributed by atoms with Crippen LogP contribution in [0.5, 0.6) is 0 Å². The van der Waals surface area contributed by atoms with Crippen LogP contribution in [-0.2, 0) is 12.6 Å². The maximum Gasteiger partial charge on any atom is 0.154 e. The molecule has 9 nitrogen and oxygen atoms in total. The first-order valence-corrected chi connectivity index (χ1v) is 9.91. The van der Waals surface area contributed by atoms with E-state index in [1.807, 2.05) is 48.4 Å². The fraction of sp³-hybridized carbons (Fsp3) is 0.273. The van der Waals surface area contributed by atoms with Crippen LogP contribution in [0.2, 0.25) is 0 Å². The van der Waals surface area contributed by atoms with E-state index in [0.29, 0.717) is 42.2 Å². The van der Waals surface area contributed by atoms with Crippen molar-refractivity contribution in [1.82, 2.24) is 29.5 Å². The lowest BCUT2D eigenvalue weighted by molar-refractivity contribution is 0.0884. The molecule has 0 saturated heterocycles. The smallest absolute Gasteiger partial charge is 0.154 e. The van der Waals surface area contributed by atoms with Crippen LogP contribution in [0, 0.1) is 28.6 Å². The summed E-state index contributed by atoms with van der Waals surface area (Å²) < 4.78 is 3.48. The molecule has 152 valence electrons. The highest BCUT2D eigenvalue weighted by atomic mass is 15.3. The number of nitrogens with two attached hydrogens (primary N) is 1. The average Bonchev–Trinajstić information content (AvgIpc) is 3.36. The molecule has 0 radical (unpaired) electrons. The zero-order valence-corrected chi connectivity index (χ0v) is 16.9. The topological polar surface area (TPSA) is 135 Å². The lowest BCUT2D eigenvalue weighted by atomic mass is 9.67. The van der Waals surface area contributed by atoms with E-state index in [1.165, 1.54) is 0 Å². The Morgan fingerprint density at radius 2 is 2.06 bits per heavy atom. The monoisotopic (exact) mass is 409 g/mol. The predicted molar refractivity (Wildman–Crippen MR) is 114 cm³/mol. The summed E-state index contributed by atoms with van der Waals surface area (Å²) in [6.45, 7) is 0. The van der Waals surface area contributed by atoms with E-state index in [0.717, 1.165) is 16.5 Å². The summed E-state index contributed by atoms with van der Waals surface area (Å²) in [6.07, 6.45) is 7.00. The van der Waals surface area contributed by atoms with Gasteiger partial charge in [0.05, 0.1) is 46.8 Å². The number of hydrogen-bond acceptors (Lipinski definition) is 7. The standard InChI is InChI=1S/C22H19N9/c1-30-13-16(21(25)29-30)19-9-18-15(3-2-7-26-18)20(27-19)17-4-8-31(28-17)22(5-6-23)10-14(11-22)12-24/h2-4,7-9,13-14H,5,10-11H2,1H3,(H2,25,29)/t14-,22+. The largest absolute Gasteiger partial charge is 0.382 e. The molecule has 0 unspecified atom stereocenters. The molecule has 1 aliphatic rings. The van der Waals surface area contributed by atoms with Gasteiger partial charge < -0.3 is 5.73 Å². The summed E-state index contributed by atoms with van der Waals surface area (Å²) in [5.74, 6) is 0.354. The molecule has 0 bridgehead atoms. The van der Waals surface area contributed by atoms with Crippen LogP contribution in [0.15, 0.2) is 42.9 Å². The Morgan fingerprint density at radius 1 is 1.23 bits per heavy atom. The van der Waals surface area contributed by atoms with E-state index < -0.39 is 5.54 Å². The van der Waals surface area contributed by atoms with Gasteiger partial charge in [0.2, 0.25) is 0 Å². The van der Waals surface area contributed by atoms with Crippen molar-refractivity contribution in [3.05, 3.63) is 42.9 Å². The summed E-state index contributed by atoms with van der Waals surface area (Å²) >= 11 is 0. The second-order valence-corrected chi connectivity index (χ2v) is 7.97. The van der Waals surface area contributed by atoms with Gasteiger partial charge in [-0.05, 0) is 37.1 Å². The number of aryl methyl sites for hydroxylation is 1. The number of nitriles is 2. The van der Waals surface area contributed by atoms with Crippen LogP contribution >= 0.6 is 0 Å². The van der Waals surface area contributed by atoms with E-state index in [9.17, 15) is 10.5 Å². The lowest BCUT2D eigenvalue weighted by Gasteiger charge is -2.43. The van der Waals surface area contributed by atoms with Crippen LogP contribution in [0.3, 0.4) is 0 Å². The van der Waals surface area contributed by atoms with Crippen LogP contribution in [0.1, 0.15) is 19.3 Å². The normalized spacial score (nSPS) is 20.2. The van der Waals surface area contributed by atoms with Gasteiger partial charge in [-0.15, -0.1) is 0 Å². The fourth-order valence-electron chi connectivity index (χ4n) is 4.33. The molecule has 4 aromatic rings. The first-order chi connectivity index (χ1) is 15.0. The lowest BCUT2D eigenvalue weighted by Crippen LogP contribution is -2.46. The number of aromatic nitrogens is 6. The van der Waals surface area contributed by atoms with Crippen molar-refractivity contribution in [1.29, 1.82) is 10.5 Å². The van der Waals surface area contributed by atoms with Crippen molar-refractivity contribution in [2.45, 2.75) is 24.8 Å². The van der Waals surface area contributed by atoms with Crippen LogP contribution in [-0.4, -0.2) is 29.5 Å². The van der Waals surface area contributed by atoms with Crippen molar-refractivity contribution in [3.63, 3.8) is 0 Å². The van der Waals surface area contributed by atoms with Gasteiger partial charge in [0.25, 0.3) is 0 Å². The molecule has 0 aliphatic heterocycles. The number of anilines is 1. The SMILES string of the molecule is Cn1cc(-c2cc3ncccc3c(-c3ccn([C@]4(CC#N)C[C@H](C#N)C4)n3)n2)c(N)n1. The summed E-state index contributed by atoms with van der Waals surface area (Å²) in [4.78, 5) is 9.37. The highest BCUT2D eigenvalue weighted by Crippen LogP contribution is 2.46. The van der Waals surface area contributed by atoms with Gasteiger partial charge in [0, 0.05) is 31.0 Å². The number of hydrogen-bond donors (Lipinski definition) is 1. The molecule has 4 aromatic heterocycles. The van der Waals surface area contributed by atoms with E-state index in [2.05, 4.69) is 22.2 Å². The molecule has 31 heavy (non-hydrogen) atoms. The van der Waals surface area contributed by atoms with E-state index >= 15 is 0 Å².